The van der Waals surface area contributed by atoms with E-state index in [0.29, 0.717) is 42.4 Å². The molecular weight excluding hydrogens is 635 g/mol. The van der Waals surface area contributed by atoms with Crippen molar-refractivity contribution in [3.63, 3.8) is 0 Å². The van der Waals surface area contributed by atoms with Gasteiger partial charge < -0.3 is 9.45 Å². The van der Waals surface area contributed by atoms with Crippen molar-refractivity contribution in [2.24, 2.45) is 0 Å². The smallest absolute Gasteiger partial charge is 0.264 e. The molecule has 1 aliphatic heterocycles. The van der Waals surface area contributed by atoms with Gasteiger partial charge in [-0.3, -0.25) is 4.55 Å². The quantitative estimate of drug-likeness (QED) is 0.135. The Morgan fingerprint density at radius 3 is 2.45 bits per heavy atom. The first kappa shape index (κ1) is 31.3. The topological polar surface area (TPSA) is 119 Å². The van der Waals surface area contributed by atoms with Gasteiger partial charge in [0.1, 0.15) is 4.70 Å². The summed E-state index contributed by atoms with van der Waals surface area (Å²) in [5.41, 5.74) is 2.85. The third-order valence-electron chi connectivity index (χ3n) is 6.15. The molecule has 0 saturated carbocycles. The third-order valence-corrected chi connectivity index (χ3v) is 10.4. The van der Waals surface area contributed by atoms with Crippen LogP contribution in [0.1, 0.15) is 37.6 Å². The SMILES string of the molecule is CC(=C/c1sc2ccc(Cl)cc2[n+]1CCCCS(=O)(=O)O)/C=C1\Sc2ccc(Cl)cc2N1CCCCS(=O)(=O)[O-]. The number of hydrogen-bond donors (Lipinski definition) is 1. The van der Waals surface area contributed by atoms with Crippen LogP contribution in [0.2, 0.25) is 10.0 Å². The maximum absolute atomic E-state index is 11.1. The lowest BCUT2D eigenvalue weighted by Crippen LogP contribution is -2.35. The van der Waals surface area contributed by atoms with Crippen LogP contribution in [0.3, 0.4) is 0 Å². The zero-order valence-electron chi connectivity index (χ0n) is 21.5. The van der Waals surface area contributed by atoms with Gasteiger partial charge in [-0.15, -0.1) is 0 Å². The molecule has 1 N–H and O–H groups in total. The second-order valence-electron chi connectivity index (χ2n) is 9.40. The molecule has 2 aromatic carbocycles. The van der Waals surface area contributed by atoms with Gasteiger partial charge in [0, 0.05) is 45.8 Å². The number of aromatic nitrogens is 1. The number of hydrogen-bond acceptors (Lipinski definition) is 8. The Labute approximate surface area is 252 Å². The maximum atomic E-state index is 11.1. The van der Waals surface area contributed by atoms with Gasteiger partial charge in [0.25, 0.3) is 15.1 Å². The zero-order chi connectivity index (χ0) is 29.1. The van der Waals surface area contributed by atoms with Gasteiger partial charge in [-0.05, 0) is 68.2 Å². The van der Waals surface area contributed by atoms with Crippen molar-refractivity contribution in [2.75, 3.05) is 23.0 Å². The van der Waals surface area contributed by atoms with Crippen molar-refractivity contribution in [3.8, 4) is 0 Å². The molecule has 0 atom stereocenters. The number of fused-ring (bicyclic) bond motifs is 2. The zero-order valence-corrected chi connectivity index (χ0v) is 26.3. The number of anilines is 1. The number of thioether (sulfide) groups is 1. The summed E-state index contributed by atoms with van der Waals surface area (Å²) in [7, 11) is -8.27. The molecule has 8 nitrogen and oxygen atoms in total. The molecule has 0 amide bonds. The molecule has 0 spiro atoms. The molecule has 1 aromatic heterocycles. The van der Waals surface area contributed by atoms with Gasteiger partial charge in [0.05, 0.1) is 26.6 Å². The number of benzene rings is 2. The number of aryl methyl sites for hydroxylation is 1. The van der Waals surface area contributed by atoms with Crippen molar-refractivity contribution in [3.05, 3.63) is 68.1 Å². The fourth-order valence-electron chi connectivity index (χ4n) is 4.36. The minimum Gasteiger partial charge on any atom is -0.748 e. The lowest BCUT2D eigenvalue weighted by molar-refractivity contribution is -0.669. The molecule has 0 saturated heterocycles. The molecule has 0 unspecified atom stereocenters. The van der Waals surface area contributed by atoms with E-state index in [1.54, 1.807) is 23.1 Å². The van der Waals surface area contributed by atoms with E-state index in [1.165, 1.54) is 0 Å². The fraction of sp³-hybridized carbons (Fsp3) is 0.346. The van der Waals surface area contributed by atoms with E-state index >= 15 is 0 Å². The van der Waals surface area contributed by atoms with Gasteiger partial charge in [-0.2, -0.15) is 13.0 Å². The van der Waals surface area contributed by atoms with E-state index in [1.807, 2.05) is 43.3 Å². The number of allylic oxidation sites excluding steroid dienone is 2. The van der Waals surface area contributed by atoms with Crippen molar-refractivity contribution in [2.45, 2.75) is 44.0 Å². The molecule has 0 fully saturated rings. The molecule has 40 heavy (non-hydrogen) atoms. The van der Waals surface area contributed by atoms with E-state index in [-0.39, 0.29) is 12.2 Å². The Hall–Kier alpha value is -1.64. The Balaban J connectivity index is 1.61. The summed E-state index contributed by atoms with van der Waals surface area (Å²) in [6.07, 6.45) is 5.80. The van der Waals surface area contributed by atoms with Crippen molar-refractivity contribution >= 4 is 88.5 Å². The molecule has 0 bridgehead atoms. The lowest BCUT2D eigenvalue weighted by Gasteiger charge is -2.21. The van der Waals surface area contributed by atoms with Crippen LogP contribution in [0, 0.1) is 0 Å². The van der Waals surface area contributed by atoms with Crippen LogP contribution in [0.15, 0.2) is 58.0 Å². The molecule has 216 valence electrons. The number of thiazole rings is 1. The normalized spacial score (nSPS) is 15.4. The van der Waals surface area contributed by atoms with Crippen LogP contribution in [-0.2, 0) is 26.8 Å². The van der Waals surface area contributed by atoms with E-state index in [4.69, 9.17) is 27.8 Å². The molecule has 0 radical (unpaired) electrons. The van der Waals surface area contributed by atoms with Crippen LogP contribution in [0.5, 0.6) is 0 Å². The summed E-state index contributed by atoms with van der Waals surface area (Å²) in [6.45, 7) is 3.08. The van der Waals surface area contributed by atoms with Crippen molar-refractivity contribution in [1.82, 2.24) is 0 Å². The van der Waals surface area contributed by atoms with Gasteiger partial charge in [-0.25, -0.2) is 8.42 Å². The lowest BCUT2D eigenvalue weighted by atomic mass is 10.2. The third kappa shape index (κ3) is 8.68. The van der Waals surface area contributed by atoms with E-state index in [2.05, 4.69) is 21.6 Å². The van der Waals surface area contributed by atoms with Gasteiger partial charge in [0.2, 0.25) is 5.52 Å². The first-order valence-corrected chi connectivity index (χ1v) is 18.0. The highest BCUT2D eigenvalue weighted by Crippen LogP contribution is 2.47. The maximum Gasteiger partial charge on any atom is 0.264 e. The van der Waals surface area contributed by atoms with Crippen molar-refractivity contribution < 1.29 is 30.5 Å². The van der Waals surface area contributed by atoms with Crippen LogP contribution in [0.4, 0.5) is 5.69 Å². The summed E-state index contributed by atoms with van der Waals surface area (Å²) >= 11 is 15.7. The molecular formula is C26H28Cl2N2O6S4. The Bertz CT molecular complexity index is 1680. The average Bonchev–Trinajstić information content (AvgIpc) is 3.34. The predicted molar refractivity (Wildman–Crippen MR) is 163 cm³/mol. The first-order chi connectivity index (χ1) is 18.8. The summed E-state index contributed by atoms with van der Waals surface area (Å²) in [5, 5.41) is 3.12. The monoisotopic (exact) mass is 662 g/mol. The Morgan fingerprint density at radius 1 is 1.02 bits per heavy atom. The van der Waals surface area contributed by atoms with Crippen LogP contribution >= 0.6 is 46.3 Å². The second kappa shape index (κ2) is 13.1. The largest absolute Gasteiger partial charge is 0.748 e. The van der Waals surface area contributed by atoms with Gasteiger partial charge in [0.15, 0.2) is 6.54 Å². The number of halogens is 2. The van der Waals surface area contributed by atoms with E-state index in [9.17, 15) is 21.4 Å². The number of rotatable bonds is 12. The van der Waals surface area contributed by atoms with E-state index < -0.39 is 26.0 Å². The fourth-order valence-corrected chi connectivity index (χ4v) is 8.18. The minimum atomic E-state index is -4.26. The average molecular weight is 664 g/mol. The van der Waals surface area contributed by atoms with Gasteiger partial charge in [-0.1, -0.05) is 46.3 Å². The highest BCUT2D eigenvalue weighted by Gasteiger charge is 2.26. The summed E-state index contributed by atoms with van der Waals surface area (Å²) in [4.78, 5) is 3.12. The predicted octanol–water partition coefficient (Wildman–Crippen LogP) is 6.35. The summed E-state index contributed by atoms with van der Waals surface area (Å²) in [5.74, 6) is -0.681. The number of nitrogens with zero attached hydrogens (tertiary/aromatic N) is 2. The highest BCUT2D eigenvalue weighted by atomic mass is 35.5. The summed E-state index contributed by atoms with van der Waals surface area (Å²) in [6, 6.07) is 11.3. The standard InChI is InChI=1S/C26H28Cl2N2O6S4/c1-18(14-25-29(10-2-4-12-39(31,32)33)21-16-19(27)6-8-23(21)37-25)15-26-30(11-3-5-13-40(34,35)36)22-17-20(28)7-9-24(22)38-26/h6-9,14-17H,2-5,10-13H2,1H3,(H-,31,32,33,34,35,36). The molecule has 0 aliphatic carbocycles. The molecule has 3 aromatic rings. The van der Waals surface area contributed by atoms with E-state index in [0.717, 1.165) is 36.4 Å². The number of unbranched alkanes of at least 4 members (excludes halogenated alkanes) is 2. The molecule has 4 rings (SSSR count). The molecule has 2 heterocycles. The second-order valence-corrected chi connectivity index (χ2v) is 15.5. The summed E-state index contributed by atoms with van der Waals surface area (Å²) < 4.78 is 67.6. The Kier molecular flexibility index (Phi) is 10.3. The van der Waals surface area contributed by atoms with Crippen LogP contribution < -0.4 is 9.47 Å². The molecule has 1 aliphatic rings. The van der Waals surface area contributed by atoms with Crippen LogP contribution in [0.25, 0.3) is 16.3 Å². The molecule has 14 heteroatoms. The van der Waals surface area contributed by atoms with Crippen LogP contribution in [-0.4, -0.2) is 44.0 Å². The van der Waals surface area contributed by atoms with Crippen molar-refractivity contribution in [1.29, 1.82) is 0 Å². The van der Waals surface area contributed by atoms with Gasteiger partial charge >= 0.3 is 0 Å². The Morgan fingerprint density at radius 2 is 1.73 bits per heavy atom. The minimum absolute atomic E-state index is 0.271. The highest BCUT2D eigenvalue weighted by molar-refractivity contribution is 8.03. The first-order valence-electron chi connectivity index (χ1n) is 12.4.